The number of ether oxygens (including phenoxy) is 1. The van der Waals surface area contributed by atoms with Gasteiger partial charge in [-0.1, -0.05) is 59.9 Å². The number of hydrogen-bond donors (Lipinski definition) is 3. The van der Waals surface area contributed by atoms with Gasteiger partial charge in [-0.2, -0.15) is 0 Å². The number of fused-ring (bicyclic) bond motifs is 3. The summed E-state index contributed by atoms with van der Waals surface area (Å²) in [5, 5.41) is 14.7. The Kier molecular flexibility index (Phi) is 5.79. The van der Waals surface area contributed by atoms with Crippen LogP contribution in [-0.4, -0.2) is 40.7 Å². The fourth-order valence-corrected chi connectivity index (χ4v) is 5.43. The molecule has 8 nitrogen and oxygen atoms in total. The summed E-state index contributed by atoms with van der Waals surface area (Å²) in [6, 6.07) is 16.1. The van der Waals surface area contributed by atoms with Crippen molar-refractivity contribution in [2.24, 2.45) is 5.92 Å². The number of carboxylic acids is 1. The van der Waals surface area contributed by atoms with Gasteiger partial charge in [0.2, 0.25) is 0 Å². The number of anilines is 1. The van der Waals surface area contributed by atoms with Crippen molar-refractivity contribution in [3.63, 3.8) is 0 Å². The summed E-state index contributed by atoms with van der Waals surface area (Å²) >= 11 is 1.06. The van der Waals surface area contributed by atoms with Crippen LogP contribution < -0.4 is 10.6 Å². The molecule has 0 aliphatic heterocycles. The second-order valence-corrected chi connectivity index (χ2v) is 9.56. The minimum absolute atomic E-state index is 0.0466. The van der Waals surface area contributed by atoms with E-state index in [-0.39, 0.29) is 29.6 Å². The average molecular weight is 478 g/mol. The molecule has 2 aromatic carbocycles. The van der Waals surface area contributed by atoms with Crippen LogP contribution in [0, 0.1) is 12.8 Å². The third kappa shape index (κ3) is 4.14. The fourth-order valence-electron chi connectivity index (χ4n) is 4.57. The molecule has 2 aliphatic rings. The third-order valence-electron chi connectivity index (χ3n) is 6.38. The van der Waals surface area contributed by atoms with E-state index in [1.165, 1.54) is 0 Å². The highest BCUT2D eigenvalue weighted by Gasteiger charge is 2.36. The van der Waals surface area contributed by atoms with Crippen LogP contribution in [0.1, 0.15) is 45.3 Å². The zero-order chi connectivity index (χ0) is 23.8. The van der Waals surface area contributed by atoms with Crippen molar-refractivity contribution in [2.75, 3.05) is 11.9 Å². The normalized spacial score (nSPS) is 18.4. The van der Waals surface area contributed by atoms with Gasteiger partial charge in [-0.3, -0.25) is 14.9 Å². The fraction of sp³-hybridized carbons (Fsp3) is 0.280. The molecule has 0 spiro atoms. The smallest absolute Gasteiger partial charge is 0.413 e. The lowest BCUT2D eigenvalue weighted by Gasteiger charge is -2.32. The lowest BCUT2D eigenvalue weighted by molar-refractivity contribution is -0.145. The highest BCUT2D eigenvalue weighted by Crippen LogP contribution is 2.44. The van der Waals surface area contributed by atoms with Gasteiger partial charge < -0.3 is 15.2 Å². The molecule has 2 aliphatic carbocycles. The molecular weight excluding hydrogens is 454 g/mol. The van der Waals surface area contributed by atoms with Gasteiger partial charge in [0.25, 0.3) is 5.91 Å². The van der Waals surface area contributed by atoms with E-state index in [0.717, 1.165) is 33.6 Å². The zero-order valence-corrected chi connectivity index (χ0v) is 19.2. The van der Waals surface area contributed by atoms with E-state index in [0.29, 0.717) is 23.4 Å². The van der Waals surface area contributed by atoms with E-state index in [2.05, 4.69) is 39.9 Å². The summed E-state index contributed by atoms with van der Waals surface area (Å²) < 4.78 is 5.54. The van der Waals surface area contributed by atoms with Crippen molar-refractivity contribution in [1.29, 1.82) is 0 Å². The third-order valence-corrected chi connectivity index (χ3v) is 7.45. The van der Waals surface area contributed by atoms with E-state index < -0.39 is 18.0 Å². The Hall–Kier alpha value is -3.72. The Morgan fingerprint density at radius 3 is 2.29 bits per heavy atom. The minimum atomic E-state index is -0.839. The lowest BCUT2D eigenvalue weighted by atomic mass is 9.80. The second-order valence-electron chi connectivity index (χ2n) is 8.56. The summed E-state index contributed by atoms with van der Waals surface area (Å²) in [7, 11) is 0. The first-order chi connectivity index (χ1) is 16.4. The van der Waals surface area contributed by atoms with Gasteiger partial charge in [0.1, 0.15) is 11.5 Å². The largest absolute Gasteiger partial charge is 0.481 e. The SMILES string of the molecule is Cc1nc(NC(=O)OCC2c3ccccc3-c3ccccc32)sc1C(=O)NC1CC(C(=O)O)C1. The molecule has 1 aromatic heterocycles. The van der Waals surface area contributed by atoms with Crippen LogP contribution in [0.4, 0.5) is 9.93 Å². The highest BCUT2D eigenvalue weighted by molar-refractivity contribution is 7.17. The number of carbonyl (C=O) groups excluding carboxylic acids is 2. The molecule has 1 saturated carbocycles. The highest BCUT2D eigenvalue weighted by atomic mass is 32.1. The van der Waals surface area contributed by atoms with Gasteiger partial charge in [0.15, 0.2) is 5.13 Å². The van der Waals surface area contributed by atoms with Crippen LogP contribution in [0.15, 0.2) is 48.5 Å². The number of hydrogen-bond acceptors (Lipinski definition) is 6. The number of carboxylic acid groups (broad SMARTS) is 1. The quantitative estimate of drug-likeness (QED) is 0.484. The Labute approximate surface area is 200 Å². The number of thiazole rings is 1. The van der Waals surface area contributed by atoms with Gasteiger partial charge in [0.05, 0.1) is 11.6 Å². The molecular formula is C25H23N3O5S. The number of nitrogens with one attached hydrogen (secondary N) is 2. The van der Waals surface area contributed by atoms with Gasteiger partial charge >= 0.3 is 12.1 Å². The molecule has 3 aromatic rings. The summed E-state index contributed by atoms with van der Waals surface area (Å²) in [6.07, 6.45) is 0.207. The summed E-state index contributed by atoms with van der Waals surface area (Å²) in [4.78, 5) is 40.6. The molecule has 5 rings (SSSR count). The molecule has 1 heterocycles. The Morgan fingerprint density at radius 1 is 1.06 bits per heavy atom. The first-order valence-corrected chi connectivity index (χ1v) is 11.9. The number of rotatable bonds is 6. The van der Waals surface area contributed by atoms with Crippen molar-refractivity contribution < 1.29 is 24.2 Å². The average Bonchev–Trinajstić information content (AvgIpc) is 3.31. The molecule has 0 unspecified atom stereocenters. The molecule has 2 amide bonds. The lowest BCUT2D eigenvalue weighted by Crippen LogP contribution is -2.46. The molecule has 1 fully saturated rings. The topological polar surface area (TPSA) is 118 Å². The van der Waals surface area contributed by atoms with Crippen molar-refractivity contribution >= 4 is 34.4 Å². The predicted molar refractivity (Wildman–Crippen MR) is 127 cm³/mol. The maximum atomic E-state index is 12.5. The maximum Gasteiger partial charge on any atom is 0.413 e. The van der Waals surface area contributed by atoms with E-state index in [9.17, 15) is 14.4 Å². The van der Waals surface area contributed by atoms with Crippen LogP contribution in [0.3, 0.4) is 0 Å². The first kappa shape index (κ1) is 22.1. The number of aliphatic carboxylic acids is 1. The second kappa shape index (κ2) is 8.90. The summed E-state index contributed by atoms with van der Waals surface area (Å²) in [5.74, 6) is -1.60. The van der Waals surface area contributed by atoms with Crippen molar-refractivity contribution in [3.05, 3.63) is 70.2 Å². The molecule has 34 heavy (non-hydrogen) atoms. The Bertz CT molecular complexity index is 1240. The Balaban J connectivity index is 1.19. The summed E-state index contributed by atoms with van der Waals surface area (Å²) in [6.45, 7) is 1.87. The van der Waals surface area contributed by atoms with E-state index >= 15 is 0 Å². The minimum Gasteiger partial charge on any atom is -0.481 e. The predicted octanol–water partition coefficient (Wildman–Crippen LogP) is 4.41. The molecule has 0 bridgehead atoms. The number of carbonyl (C=O) groups is 3. The number of aromatic nitrogens is 1. The zero-order valence-electron chi connectivity index (χ0n) is 18.4. The maximum absolute atomic E-state index is 12.5. The molecule has 0 radical (unpaired) electrons. The standard InChI is InChI=1S/C25H23N3O5S/c1-13-21(22(29)27-15-10-14(11-15)23(30)31)34-24(26-13)28-25(32)33-12-20-18-8-4-2-6-16(18)17-7-3-5-9-19(17)20/h2-9,14-15,20H,10-12H2,1H3,(H,27,29)(H,30,31)(H,26,28,32). The monoisotopic (exact) mass is 477 g/mol. The van der Waals surface area contributed by atoms with Crippen LogP contribution in [-0.2, 0) is 9.53 Å². The van der Waals surface area contributed by atoms with Crippen molar-refractivity contribution in [3.8, 4) is 11.1 Å². The number of benzene rings is 2. The first-order valence-electron chi connectivity index (χ1n) is 11.0. The summed E-state index contributed by atoms with van der Waals surface area (Å²) in [5.41, 5.74) is 5.05. The van der Waals surface area contributed by atoms with Crippen molar-refractivity contribution in [2.45, 2.75) is 31.7 Å². The van der Waals surface area contributed by atoms with Gasteiger partial charge in [-0.15, -0.1) is 0 Å². The van der Waals surface area contributed by atoms with Gasteiger partial charge in [-0.05, 0) is 42.0 Å². The van der Waals surface area contributed by atoms with Crippen molar-refractivity contribution in [1.82, 2.24) is 10.3 Å². The number of nitrogens with zero attached hydrogens (tertiary/aromatic N) is 1. The van der Waals surface area contributed by atoms with Crippen LogP contribution in [0.2, 0.25) is 0 Å². The number of aryl methyl sites for hydroxylation is 1. The molecule has 3 N–H and O–H groups in total. The molecule has 9 heteroatoms. The van der Waals surface area contributed by atoms with Crippen LogP contribution in [0.25, 0.3) is 11.1 Å². The van der Waals surface area contributed by atoms with Crippen LogP contribution in [0.5, 0.6) is 0 Å². The van der Waals surface area contributed by atoms with E-state index in [4.69, 9.17) is 9.84 Å². The Morgan fingerprint density at radius 2 is 1.68 bits per heavy atom. The van der Waals surface area contributed by atoms with Crippen LogP contribution >= 0.6 is 11.3 Å². The molecule has 0 saturated heterocycles. The molecule has 174 valence electrons. The number of amides is 2. The van der Waals surface area contributed by atoms with Gasteiger partial charge in [0, 0.05) is 12.0 Å². The van der Waals surface area contributed by atoms with Gasteiger partial charge in [-0.25, -0.2) is 9.78 Å². The van der Waals surface area contributed by atoms with E-state index in [1.54, 1.807) is 6.92 Å². The van der Waals surface area contributed by atoms with E-state index in [1.807, 2.05) is 24.3 Å². The molecule has 0 atom stereocenters.